The summed E-state index contributed by atoms with van der Waals surface area (Å²) in [6, 6.07) is 18.3. The van der Waals surface area contributed by atoms with Crippen LogP contribution in [0.3, 0.4) is 0 Å². The summed E-state index contributed by atoms with van der Waals surface area (Å²) < 4.78 is 8.31. The van der Waals surface area contributed by atoms with Gasteiger partial charge in [-0.2, -0.15) is 4.58 Å². The van der Waals surface area contributed by atoms with E-state index < -0.39 is 0 Å². The molecular formula is C64H102N3O2+. The summed E-state index contributed by atoms with van der Waals surface area (Å²) in [6.07, 6.45) is 54.6. The fraction of sp³-hybridized carbons (Fsp3) is 0.688. The third-order valence-corrected chi connectivity index (χ3v) is 15.9. The Morgan fingerprint density at radius 3 is 1.77 bits per heavy atom. The van der Waals surface area contributed by atoms with Crippen LogP contribution in [0.2, 0.25) is 0 Å². The maximum Gasteiger partial charge on any atom is 0.407 e. The first-order valence-corrected chi connectivity index (χ1v) is 29.3. The summed E-state index contributed by atoms with van der Waals surface area (Å²) in [4.78, 5) is 14.8. The molecule has 3 aliphatic rings. The third-order valence-electron chi connectivity index (χ3n) is 15.9. The molecule has 69 heavy (non-hydrogen) atoms. The number of hydrogen-bond acceptors (Lipinski definition) is 3. The van der Waals surface area contributed by atoms with Crippen LogP contribution in [-0.2, 0) is 15.6 Å². The molecule has 0 aromatic heterocycles. The molecular weight excluding hydrogens is 843 g/mol. The standard InChI is InChI=1S/C64H101N3O2/c1-6-7-8-9-10-11-12-13-17-20-23-26-32-41-53-66-58-48-38-36-46-56(58)63(2,3)60(66)50-43-51-61-64(4,5)57-47-37-39-49-59(57)67(61)54-42-33-27-24-21-18-15-14-16-19-22-25-31-40-52-65-62(68)69-55-44-34-29-28-30-35-45-55/h28-29,36-39,43,46-51,55H,6-27,30-35,40-42,44-45,52-54H2,1-5H3/p+1/b29-28+. The van der Waals surface area contributed by atoms with E-state index in [1.54, 1.807) is 0 Å². The molecule has 0 saturated heterocycles. The molecule has 1 atom stereocenters. The fourth-order valence-electron chi connectivity index (χ4n) is 11.6. The summed E-state index contributed by atoms with van der Waals surface area (Å²) in [5.74, 6) is 0. The first-order valence-electron chi connectivity index (χ1n) is 29.3. The summed E-state index contributed by atoms with van der Waals surface area (Å²) in [7, 11) is 0. The smallest absolute Gasteiger partial charge is 0.407 e. The average Bonchev–Trinajstić information content (AvgIpc) is 3.68. The molecule has 0 saturated carbocycles. The molecule has 1 amide bonds. The quantitative estimate of drug-likeness (QED) is 0.0425. The van der Waals surface area contributed by atoms with Crippen LogP contribution in [0.25, 0.3) is 0 Å². The highest BCUT2D eigenvalue weighted by atomic mass is 16.6. The van der Waals surface area contributed by atoms with Crippen molar-refractivity contribution in [1.82, 2.24) is 5.32 Å². The number of carbonyl (C=O) groups excluding carboxylic acids is 1. The normalized spacial score (nSPS) is 18.4. The Bertz CT molecular complexity index is 1870. The second-order valence-electron chi connectivity index (χ2n) is 22.4. The monoisotopic (exact) mass is 945 g/mol. The minimum absolute atomic E-state index is 0.0272. The van der Waals surface area contributed by atoms with E-state index in [1.165, 1.54) is 207 Å². The predicted octanol–water partition coefficient (Wildman–Crippen LogP) is 18.9. The average molecular weight is 946 g/mol. The van der Waals surface area contributed by atoms with Crippen LogP contribution >= 0.6 is 0 Å². The number of carbonyl (C=O) groups is 1. The van der Waals surface area contributed by atoms with Gasteiger partial charge in [-0.3, -0.25) is 0 Å². The Hall–Kier alpha value is -3.60. The second kappa shape index (κ2) is 32.4. The van der Waals surface area contributed by atoms with Gasteiger partial charge in [0.05, 0.1) is 5.41 Å². The summed E-state index contributed by atoms with van der Waals surface area (Å²) in [5.41, 5.74) is 8.52. The van der Waals surface area contributed by atoms with Gasteiger partial charge in [-0.25, -0.2) is 4.79 Å². The molecule has 5 rings (SSSR count). The predicted molar refractivity (Wildman–Crippen MR) is 299 cm³/mol. The number of nitrogens with zero attached hydrogens (tertiary/aromatic N) is 2. The lowest BCUT2D eigenvalue weighted by molar-refractivity contribution is -0.438. The van der Waals surface area contributed by atoms with Gasteiger partial charge in [0.25, 0.3) is 0 Å². The topological polar surface area (TPSA) is 44.6 Å². The van der Waals surface area contributed by atoms with E-state index in [1.807, 2.05) is 0 Å². The van der Waals surface area contributed by atoms with Crippen molar-refractivity contribution in [2.75, 3.05) is 24.5 Å². The van der Waals surface area contributed by atoms with Gasteiger partial charge in [-0.05, 0) is 82.9 Å². The summed E-state index contributed by atoms with van der Waals surface area (Å²) in [6.45, 7) is 14.9. The number of allylic oxidation sites excluding steroid dienone is 6. The zero-order valence-corrected chi connectivity index (χ0v) is 45.2. The Morgan fingerprint density at radius 1 is 0.623 bits per heavy atom. The Balaban J connectivity index is 0.978. The molecule has 2 heterocycles. The maximum absolute atomic E-state index is 12.2. The van der Waals surface area contributed by atoms with Crippen molar-refractivity contribution in [2.24, 2.45) is 0 Å². The molecule has 2 aromatic rings. The number of alkyl carbamates (subject to hydrolysis) is 1. The van der Waals surface area contributed by atoms with Gasteiger partial charge < -0.3 is 15.0 Å². The molecule has 1 N–H and O–H groups in total. The minimum Gasteiger partial charge on any atom is -0.446 e. The molecule has 1 aliphatic carbocycles. The minimum atomic E-state index is -0.223. The number of fused-ring (bicyclic) bond motifs is 2. The van der Waals surface area contributed by atoms with Gasteiger partial charge in [0.15, 0.2) is 5.71 Å². The van der Waals surface area contributed by atoms with Gasteiger partial charge in [0.2, 0.25) is 5.69 Å². The molecule has 2 aliphatic heterocycles. The van der Waals surface area contributed by atoms with E-state index >= 15 is 0 Å². The van der Waals surface area contributed by atoms with Crippen LogP contribution < -0.4 is 10.2 Å². The van der Waals surface area contributed by atoms with Crippen LogP contribution in [0.15, 0.2) is 84.6 Å². The van der Waals surface area contributed by atoms with Crippen LogP contribution in [0, 0.1) is 0 Å². The van der Waals surface area contributed by atoms with Crippen molar-refractivity contribution in [3.8, 4) is 0 Å². The number of nitrogens with one attached hydrogen (secondary N) is 1. The Morgan fingerprint density at radius 2 is 1.14 bits per heavy atom. The lowest BCUT2D eigenvalue weighted by atomic mass is 9.81. The van der Waals surface area contributed by atoms with Crippen LogP contribution in [-0.4, -0.2) is 42.1 Å². The van der Waals surface area contributed by atoms with Crippen molar-refractivity contribution in [3.63, 3.8) is 0 Å². The highest BCUT2D eigenvalue weighted by Gasteiger charge is 2.44. The van der Waals surface area contributed by atoms with Crippen molar-refractivity contribution in [2.45, 2.75) is 263 Å². The number of amides is 1. The van der Waals surface area contributed by atoms with E-state index in [-0.39, 0.29) is 23.0 Å². The number of para-hydroxylation sites is 2. The number of unbranched alkanes of at least 4 members (excludes halogenated alkanes) is 26. The van der Waals surface area contributed by atoms with Gasteiger partial charge in [-0.15, -0.1) is 0 Å². The molecule has 0 radical (unpaired) electrons. The molecule has 0 bridgehead atoms. The van der Waals surface area contributed by atoms with E-state index in [0.29, 0.717) is 0 Å². The number of anilines is 1. The zero-order valence-electron chi connectivity index (χ0n) is 45.2. The molecule has 384 valence electrons. The first-order chi connectivity index (χ1) is 33.7. The molecule has 0 fully saturated rings. The number of ether oxygens (including phenoxy) is 1. The van der Waals surface area contributed by atoms with Crippen molar-refractivity contribution < 1.29 is 14.1 Å². The number of benzene rings is 2. The van der Waals surface area contributed by atoms with E-state index in [9.17, 15) is 4.79 Å². The molecule has 5 nitrogen and oxygen atoms in total. The van der Waals surface area contributed by atoms with Crippen LogP contribution in [0.4, 0.5) is 16.2 Å². The molecule has 2 aromatic carbocycles. The van der Waals surface area contributed by atoms with Gasteiger partial charge in [0.1, 0.15) is 12.6 Å². The highest BCUT2D eigenvalue weighted by Crippen LogP contribution is 2.48. The number of rotatable bonds is 35. The lowest BCUT2D eigenvalue weighted by Gasteiger charge is -2.27. The summed E-state index contributed by atoms with van der Waals surface area (Å²) in [5, 5.41) is 2.98. The van der Waals surface area contributed by atoms with E-state index in [4.69, 9.17) is 4.74 Å². The zero-order chi connectivity index (χ0) is 48.8. The SMILES string of the molecule is CCCCCCCCCCCCCCCCN1C(=CC=CC2=[N+](CCCCCCCCCCCCCCCCNC(=O)OC3CC/C=C/CCC3)c3ccccc3C2(C)C)C(C)(C)c2ccccc21. The van der Waals surface area contributed by atoms with E-state index in [2.05, 4.69) is 128 Å². The third kappa shape index (κ3) is 19.2. The largest absolute Gasteiger partial charge is 0.446 e. The first kappa shape index (κ1) is 56.3. The van der Waals surface area contributed by atoms with Crippen molar-refractivity contribution in [1.29, 1.82) is 0 Å². The Labute approximate surface area is 424 Å². The van der Waals surface area contributed by atoms with Gasteiger partial charge >= 0.3 is 6.09 Å². The van der Waals surface area contributed by atoms with Crippen LogP contribution in [0.5, 0.6) is 0 Å². The van der Waals surface area contributed by atoms with E-state index in [0.717, 1.165) is 58.2 Å². The molecule has 5 heteroatoms. The fourth-order valence-corrected chi connectivity index (χ4v) is 11.6. The lowest BCUT2D eigenvalue weighted by Crippen LogP contribution is -2.30. The summed E-state index contributed by atoms with van der Waals surface area (Å²) >= 11 is 0. The van der Waals surface area contributed by atoms with Gasteiger partial charge in [0, 0.05) is 54.0 Å². The van der Waals surface area contributed by atoms with Crippen LogP contribution in [0.1, 0.15) is 258 Å². The van der Waals surface area contributed by atoms with Crippen molar-refractivity contribution >= 4 is 23.2 Å². The molecule has 1 unspecified atom stereocenters. The number of hydrogen-bond donors (Lipinski definition) is 1. The Kier molecular flexibility index (Phi) is 26.4. The van der Waals surface area contributed by atoms with Gasteiger partial charge in [-0.1, -0.05) is 229 Å². The second-order valence-corrected chi connectivity index (χ2v) is 22.4. The maximum atomic E-state index is 12.2. The molecule has 0 spiro atoms. The van der Waals surface area contributed by atoms with Crippen molar-refractivity contribution in [3.05, 3.63) is 95.7 Å². The highest BCUT2D eigenvalue weighted by molar-refractivity contribution is 6.03.